The molecule has 5 heteroatoms. The van der Waals surface area contributed by atoms with E-state index in [-0.39, 0.29) is 17.9 Å². The third-order valence-corrected chi connectivity index (χ3v) is 5.66. The highest BCUT2D eigenvalue weighted by molar-refractivity contribution is 7.09. The minimum Gasteiger partial charge on any atom is -0.493 e. The van der Waals surface area contributed by atoms with Crippen LogP contribution in [0.25, 0.3) is 0 Å². The Balaban J connectivity index is 1.59. The molecule has 1 aliphatic heterocycles. The molecule has 1 saturated heterocycles. The molecule has 1 atom stereocenters. The van der Waals surface area contributed by atoms with Crippen molar-refractivity contribution >= 4 is 17.2 Å². The topological polar surface area (TPSA) is 38.8 Å². The third kappa shape index (κ3) is 6.08. The van der Waals surface area contributed by atoms with Gasteiger partial charge in [-0.05, 0) is 42.0 Å². The van der Waals surface area contributed by atoms with Gasteiger partial charge in [0.1, 0.15) is 5.75 Å². The minimum absolute atomic E-state index is 0.0170. The predicted molar refractivity (Wildman–Crippen MR) is 109 cm³/mol. The van der Waals surface area contributed by atoms with Crippen molar-refractivity contribution in [2.75, 3.05) is 19.8 Å². The second-order valence-electron chi connectivity index (χ2n) is 7.33. The zero-order valence-corrected chi connectivity index (χ0v) is 17.0. The Labute approximate surface area is 166 Å². The van der Waals surface area contributed by atoms with Crippen LogP contribution in [0.15, 0.2) is 41.8 Å². The molecule has 0 bridgehead atoms. The Morgan fingerprint density at radius 3 is 2.93 bits per heavy atom. The fraction of sp³-hybridized carbons (Fsp3) is 0.500. The van der Waals surface area contributed by atoms with Crippen molar-refractivity contribution in [1.29, 1.82) is 0 Å². The van der Waals surface area contributed by atoms with Gasteiger partial charge < -0.3 is 14.4 Å². The molecule has 1 unspecified atom stereocenters. The van der Waals surface area contributed by atoms with Crippen molar-refractivity contribution in [2.24, 2.45) is 5.92 Å². The van der Waals surface area contributed by atoms with Crippen LogP contribution < -0.4 is 4.74 Å². The molecule has 1 aliphatic rings. The second kappa shape index (κ2) is 9.90. The number of ether oxygens (including phenoxy) is 2. The van der Waals surface area contributed by atoms with Gasteiger partial charge in [-0.25, -0.2) is 0 Å². The Bertz CT molecular complexity index is 708. The van der Waals surface area contributed by atoms with Gasteiger partial charge in [0.25, 0.3) is 0 Å². The molecule has 1 fully saturated rings. The third-order valence-electron chi connectivity index (χ3n) is 4.72. The maximum absolute atomic E-state index is 12.7. The molecule has 0 saturated carbocycles. The van der Waals surface area contributed by atoms with E-state index >= 15 is 0 Å². The van der Waals surface area contributed by atoms with Crippen LogP contribution >= 0.6 is 11.3 Å². The molecule has 0 aliphatic carbocycles. The van der Waals surface area contributed by atoms with E-state index in [9.17, 15) is 4.79 Å². The average molecular weight is 388 g/mol. The molecule has 1 aromatic carbocycles. The lowest BCUT2D eigenvalue weighted by molar-refractivity contribution is -0.136. The van der Waals surface area contributed by atoms with Crippen LogP contribution in [-0.2, 0) is 22.5 Å². The van der Waals surface area contributed by atoms with Gasteiger partial charge in [-0.3, -0.25) is 4.79 Å². The summed E-state index contributed by atoms with van der Waals surface area (Å²) in [6, 6.07) is 12.3. The normalized spacial score (nSPS) is 16.6. The number of thiophene rings is 1. The van der Waals surface area contributed by atoms with Gasteiger partial charge in [0.15, 0.2) is 0 Å². The molecule has 0 N–H and O–H groups in total. The zero-order chi connectivity index (χ0) is 19.1. The SMILES string of the molecule is CC(C)C(=O)N(Cc1cccc(OCCc2cccs2)c1)CC1CCCO1. The Kier molecular flexibility index (Phi) is 7.30. The Morgan fingerprint density at radius 2 is 2.22 bits per heavy atom. The summed E-state index contributed by atoms with van der Waals surface area (Å²) in [5.74, 6) is 1.02. The van der Waals surface area contributed by atoms with Gasteiger partial charge in [0.2, 0.25) is 5.91 Å². The maximum atomic E-state index is 12.7. The van der Waals surface area contributed by atoms with Gasteiger partial charge in [-0.1, -0.05) is 32.0 Å². The molecule has 1 aromatic heterocycles. The molecule has 1 amide bonds. The lowest BCUT2D eigenvalue weighted by atomic mass is 10.1. The summed E-state index contributed by atoms with van der Waals surface area (Å²) in [7, 11) is 0. The highest BCUT2D eigenvalue weighted by atomic mass is 32.1. The molecule has 3 rings (SSSR count). The summed E-state index contributed by atoms with van der Waals surface area (Å²) in [6.07, 6.45) is 3.20. The number of carbonyl (C=O) groups is 1. The van der Waals surface area contributed by atoms with E-state index in [2.05, 4.69) is 23.6 Å². The lowest BCUT2D eigenvalue weighted by Gasteiger charge is -2.27. The van der Waals surface area contributed by atoms with Crippen molar-refractivity contribution < 1.29 is 14.3 Å². The monoisotopic (exact) mass is 387 g/mol. The standard InChI is InChI=1S/C22H29NO3S/c1-17(2)22(24)23(16-20-8-4-11-25-20)15-18-6-3-7-19(14-18)26-12-10-21-9-5-13-27-21/h3,5-7,9,13-14,17,20H,4,8,10-12,15-16H2,1-2H3. The van der Waals surface area contributed by atoms with E-state index < -0.39 is 0 Å². The van der Waals surface area contributed by atoms with Gasteiger partial charge in [-0.15, -0.1) is 11.3 Å². The molecule has 2 heterocycles. The first-order chi connectivity index (χ1) is 13.1. The molecule has 2 aromatic rings. The van der Waals surface area contributed by atoms with E-state index in [1.54, 1.807) is 11.3 Å². The van der Waals surface area contributed by atoms with Crippen molar-refractivity contribution in [1.82, 2.24) is 4.90 Å². The molecule has 0 spiro atoms. The molecule has 0 radical (unpaired) electrons. The molecule has 4 nitrogen and oxygen atoms in total. The van der Waals surface area contributed by atoms with Gasteiger partial charge in [0, 0.05) is 36.9 Å². The Morgan fingerprint density at radius 1 is 1.33 bits per heavy atom. The van der Waals surface area contributed by atoms with Crippen LogP contribution in [0.1, 0.15) is 37.1 Å². The number of benzene rings is 1. The summed E-state index contributed by atoms with van der Waals surface area (Å²) in [5, 5.41) is 2.09. The number of nitrogens with zero attached hydrogens (tertiary/aromatic N) is 1. The molecular weight excluding hydrogens is 358 g/mol. The minimum atomic E-state index is -0.0170. The second-order valence-corrected chi connectivity index (χ2v) is 8.37. The molecular formula is C22H29NO3S. The summed E-state index contributed by atoms with van der Waals surface area (Å²) in [4.78, 5) is 15.9. The molecule has 146 valence electrons. The van der Waals surface area contributed by atoms with Gasteiger partial charge >= 0.3 is 0 Å². The molecule has 27 heavy (non-hydrogen) atoms. The summed E-state index contributed by atoms with van der Waals surface area (Å²) >= 11 is 1.75. The number of hydrogen-bond acceptors (Lipinski definition) is 4. The summed E-state index contributed by atoms with van der Waals surface area (Å²) in [6.45, 7) is 6.64. The quantitative estimate of drug-likeness (QED) is 0.634. The highest BCUT2D eigenvalue weighted by Crippen LogP contribution is 2.20. The fourth-order valence-corrected chi connectivity index (χ4v) is 4.00. The van der Waals surface area contributed by atoms with Crippen molar-refractivity contribution in [3.8, 4) is 5.75 Å². The van der Waals surface area contributed by atoms with E-state index in [0.717, 1.165) is 37.2 Å². The van der Waals surface area contributed by atoms with Gasteiger partial charge in [0.05, 0.1) is 12.7 Å². The first-order valence-corrected chi connectivity index (χ1v) is 10.6. The van der Waals surface area contributed by atoms with E-state index in [1.807, 2.05) is 36.9 Å². The van der Waals surface area contributed by atoms with Crippen molar-refractivity contribution in [3.63, 3.8) is 0 Å². The van der Waals surface area contributed by atoms with Crippen LogP contribution in [0.4, 0.5) is 0 Å². The van der Waals surface area contributed by atoms with Crippen molar-refractivity contribution in [2.45, 2.75) is 45.8 Å². The zero-order valence-electron chi connectivity index (χ0n) is 16.2. The number of rotatable bonds is 9. The number of carbonyl (C=O) groups excluding carboxylic acids is 1. The fourth-order valence-electron chi connectivity index (χ4n) is 3.31. The summed E-state index contributed by atoms with van der Waals surface area (Å²) in [5.41, 5.74) is 1.09. The van der Waals surface area contributed by atoms with E-state index in [4.69, 9.17) is 9.47 Å². The maximum Gasteiger partial charge on any atom is 0.225 e. The van der Waals surface area contributed by atoms with Crippen molar-refractivity contribution in [3.05, 3.63) is 52.2 Å². The van der Waals surface area contributed by atoms with E-state index in [0.29, 0.717) is 19.7 Å². The smallest absolute Gasteiger partial charge is 0.225 e. The van der Waals surface area contributed by atoms with Crippen LogP contribution in [0.2, 0.25) is 0 Å². The average Bonchev–Trinajstić information content (AvgIpc) is 3.35. The van der Waals surface area contributed by atoms with Crippen LogP contribution in [-0.4, -0.2) is 36.7 Å². The first-order valence-electron chi connectivity index (χ1n) is 9.76. The predicted octanol–water partition coefficient (Wildman–Crippen LogP) is 4.53. The van der Waals surface area contributed by atoms with Crippen LogP contribution in [0, 0.1) is 5.92 Å². The summed E-state index contributed by atoms with van der Waals surface area (Å²) < 4.78 is 11.7. The number of hydrogen-bond donors (Lipinski definition) is 0. The first kappa shape index (κ1) is 19.9. The van der Waals surface area contributed by atoms with E-state index in [1.165, 1.54) is 4.88 Å². The number of amides is 1. The lowest BCUT2D eigenvalue weighted by Crippen LogP contribution is -2.39. The highest BCUT2D eigenvalue weighted by Gasteiger charge is 2.24. The van der Waals surface area contributed by atoms with Gasteiger partial charge in [-0.2, -0.15) is 0 Å². The van der Waals surface area contributed by atoms with Crippen LogP contribution in [0.5, 0.6) is 5.75 Å². The Hall–Kier alpha value is -1.85. The largest absolute Gasteiger partial charge is 0.493 e. The van der Waals surface area contributed by atoms with Crippen LogP contribution in [0.3, 0.4) is 0 Å².